The van der Waals surface area contributed by atoms with Gasteiger partial charge in [-0.2, -0.15) is 5.10 Å². The summed E-state index contributed by atoms with van der Waals surface area (Å²) in [6, 6.07) is 0. The van der Waals surface area contributed by atoms with E-state index in [1.54, 1.807) is 12.4 Å². The Hall–Kier alpha value is -1.71. The van der Waals surface area contributed by atoms with Gasteiger partial charge in [0.2, 0.25) is 0 Å². The number of hydrogen-bond donors (Lipinski definition) is 1. The molecule has 0 fully saturated rings. The van der Waals surface area contributed by atoms with Gasteiger partial charge >= 0.3 is 0 Å². The predicted octanol–water partition coefficient (Wildman–Crippen LogP) is -1.09. The first-order valence-electron chi connectivity index (χ1n) is 3.23. The minimum absolute atomic E-state index is 0.671. The topological polar surface area (TPSA) is 50.2 Å². The number of aromatic nitrogens is 2. The molecule has 54 valence electrons. The van der Waals surface area contributed by atoms with Crippen LogP contribution in [-0.4, -0.2) is 9.97 Å². The third-order valence-corrected chi connectivity index (χ3v) is 1.34. The van der Waals surface area contributed by atoms with Gasteiger partial charge in [-0.15, -0.1) is 0 Å². The van der Waals surface area contributed by atoms with Crippen LogP contribution >= 0.6 is 0 Å². The van der Waals surface area contributed by atoms with Crippen LogP contribution in [0.4, 0.5) is 0 Å². The molecule has 1 aromatic heterocycles. The lowest BCUT2D eigenvalue weighted by atomic mass is 10.4. The number of rotatable bonds is 0. The molecule has 0 bridgehead atoms. The van der Waals surface area contributed by atoms with Crippen molar-refractivity contribution in [2.75, 3.05) is 0 Å². The second-order valence-electron chi connectivity index (χ2n) is 2.07. The normalized spacial score (nSPS) is 13.5. The first kappa shape index (κ1) is 6.03. The lowest BCUT2D eigenvalue weighted by Crippen LogP contribution is -2.29. The van der Waals surface area contributed by atoms with E-state index in [1.807, 2.05) is 12.2 Å². The SMILES string of the molecule is C1=CNN=c2ncncc2=C1. The van der Waals surface area contributed by atoms with E-state index in [4.69, 9.17) is 0 Å². The molecule has 2 heterocycles. The van der Waals surface area contributed by atoms with Crippen LogP contribution in [0.5, 0.6) is 0 Å². The van der Waals surface area contributed by atoms with Gasteiger partial charge in [-0.25, -0.2) is 9.97 Å². The Morgan fingerprint density at radius 1 is 1.36 bits per heavy atom. The van der Waals surface area contributed by atoms with Crippen molar-refractivity contribution < 1.29 is 0 Å². The highest BCUT2D eigenvalue weighted by Gasteiger charge is 1.87. The van der Waals surface area contributed by atoms with Crippen molar-refractivity contribution in [3.8, 4) is 0 Å². The minimum Gasteiger partial charge on any atom is -0.284 e. The van der Waals surface area contributed by atoms with Crippen molar-refractivity contribution in [2.45, 2.75) is 0 Å². The molecular weight excluding hydrogens is 140 g/mol. The predicted molar refractivity (Wildman–Crippen MR) is 39.6 cm³/mol. The number of fused-ring (bicyclic) bond motifs is 1. The van der Waals surface area contributed by atoms with E-state index in [0.29, 0.717) is 5.49 Å². The summed E-state index contributed by atoms with van der Waals surface area (Å²) in [4.78, 5) is 7.84. The lowest BCUT2D eigenvalue weighted by Gasteiger charge is -1.84. The Kier molecular flexibility index (Phi) is 1.37. The average molecular weight is 146 g/mol. The van der Waals surface area contributed by atoms with Crippen LogP contribution < -0.4 is 16.1 Å². The molecule has 0 unspecified atom stereocenters. The average Bonchev–Trinajstić information content (AvgIpc) is 2.28. The molecule has 0 saturated heterocycles. The third-order valence-electron chi connectivity index (χ3n) is 1.34. The zero-order valence-electron chi connectivity index (χ0n) is 5.73. The molecule has 1 aromatic rings. The van der Waals surface area contributed by atoms with E-state index in [2.05, 4.69) is 20.5 Å². The molecule has 0 aromatic carbocycles. The van der Waals surface area contributed by atoms with Crippen LogP contribution in [0.1, 0.15) is 0 Å². The van der Waals surface area contributed by atoms with Crippen molar-refractivity contribution in [1.82, 2.24) is 15.4 Å². The summed E-state index contributed by atoms with van der Waals surface area (Å²) in [5.74, 6) is 0. The summed E-state index contributed by atoms with van der Waals surface area (Å²) in [5.41, 5.74) is 3.40. The number of nitrogens with zero attached hydrogens (tertiary/aromatic N) is 3. The molecule has 0 amide bonds. The van der Waals surface area contributed by atoms with Crippen LogP contribution in [0, 0.1) is 0 Å². The molecule has 1 aliphatic rings. The fraction of sp³-hybridized carbons (Fsp3) is 0. The monoisotopic (exact) mass is 146 g/mol. The molecule has 0 spiro atoms. The Balaban J connectivity index is 2.81. The van der Waals surface area contributed by atoms with Crippen LogP contribution in [-0.2, 0) is 0 Å². The molecule has 0 aliphatic carbocycles. The van der Waals surface area contributed by atoms with Gasteiger partial charge in [-0.05, 0) is 12.2 Å². The molecular formula is C7H6N4. The van der Waals surface area contributed by atoms with E-state index in [0.717, 1.165) is 5.22 Å². The third kappa shape index (κ3) is 1.10. The van der Waals surface area contributed by atoms with Crippen molar-refractivity contribution in [1.29, 1.82) is 0 Å². The largest absolute Gasteiger partial charge is 0.284 e. The molecule has 1 aliphatic heterocycles. The zero-order chi connectivity index (χ0) is 7.52. The van der Waals surface area contributed by atoms with Gasteiger partial charge < -0.3 is 0 Å². The van der Waals surface area contributed by atoms with E-state index in [1.165, 1.54) is 6.33 Å². The number of hydrogen-bond acceptors (Lipinski definition) is 4. The van der Waals surface area contributed by atoms with Crippen molar-refractivity contribution >= 4 is 6.08 Å². The number of allylic oxidation sites excluding steroid dienone is 1. The van der Waals surface area contributed by atoms with Gasteiger partial charge in [0.25, 0.3) is 0 Å². The zero-order valence-corrected chi connectivity index (χ0v) is 5.73. The summed E-state index contributed by atoms with van der Waals surface area (Å²) in [6.07, 6.45) is 8.70. The Morgan fingerprint density at radius 2 is 2.36 bits per heavy atom. The second kappa shape index (κ2) is 2.49. The molecule has 2 rings (SSSR count). The maximum Gasteiger partial charge on any atom is 0.182 e. The quantitative estimate of drug-likeness (QED) is 0.506. The smallest absolute Gasteiger partial charge is 0.182 e. The van der Waals surface area contributed by atoms with Gasteiger partial charge in [0, 0.05) is 17.6 Å². The second-order valence-corrected chi connectivity index (χ2v) is 2.07. The summed E-state index contributed by atoms with van der Waals surface area (Å²) in [7, 11) is 0. The van der Waals surface area contributed by atoms with Crippen LogP contribution in [0.25, 0.3) is 6.08 Å². The highest BCUT2D eigenvalue weighted by atomic mass is 15.3. The van der Waals surface area contributed by atoms with E-state index in [-0.39, 0.29) is 0 Å². The molecule has 11 heavy (non-hydrogen) atoms. The van der Waals surface area contributed by atoms with Gasteiger partial charge in [0.1, 0.15) is 6.33 Å². The van der Waals surface area contributed by atoms with E-state index >= 15 is 0 Å². The van der Waals surface area contributed by atoms with E-state index < -0.39 is 0 Å². The Bertz CT molecular complexity index is 393. The molecule has 4 nitrogen and oxygen atoms in total. The highest BCUT2D eigenvalue weighted by molar-refractivity contribution is 5.34. The molecule has 0 saturated carbocycles. The fourth-order valence-corrected chi connectivity index (χ4v) is 0.838. The van der Waals surface area contributed by atoms with Gasteiger partial charge in [0.15, 0.2) is 5.49 Å². The molecule has 0 radical (unpaired) electrons. The number of nitrogens with one attached hydrogen (secondary N) is 1. The lowest BCUT2D eigenvalue weighted by molar-refractivity contribution is 0.873. The van der Waals surface area contributed by atoms with Crippen LogP contribution in [0.3, 0.4) is 0 Å². The first-order chi connectivity index (χ1) is 5.47. The minimum atomic E-state index is 0.671. The van der Waals surface area contributed by atoms with Crippen molar-refractivity contribution in [3.05, 3.63) is 35.5 Å². The molecule has 0 atom stereocenters. The van der Waals surface area contributed by atoms with Crippen molar-refractivity contribution in [3.63, 3.8) is 0 Å². The summed E-state index contributed by atoms with van der Waals surface area (Å²) < 4.78 is 0. The highest BCUT2D eigenvalue weighted by Crippen LogP contribution is 1.72. The maximum absolute atomic E-state index is 3.97. The summed E-state index contributed by atoms with van der Waals surface area (Å²) in [5, 5.41) is 4.89. The Labute approximate surface area is 63.0 Å². The fourth-order valence-electron chi connectivity index (χ4n) is 0.838. The van der Waals surface area contributed by atoms with E-state index in [9.17, 15) is 0 Å². The summed E-state index contributed by atoms with van der Waals surface area (Å²) in [6.45, 7) is 0. The first-order valence-corrected chi connectivity index (χ1v) is 3.23. The molecule has 1 N–H and O–H groups in total. The summed E-state index contributed by atoms with van der Waals surface area (Å²) >= 11 is 0. The molecule has 4 heteroatoms. The van der Waals surface area contributed by atoms with Gasteiger partial charge in [-0.3, -0.25) is 5.43 Å². The van der Waals surface area contributed by atoms with Crippen LogP contribution in [0.15, 0.2) is 29.9 Å². The maximum atomic E-state index is 3.97. The van der Waals surface area contributed by atoms with Gasteiger partial charge in [-0.1, -0.05) is 0 Å². The van der Waals surface area contributed by atoms with Crippen LogP contribution in [0.2, 0.25) is 0 Å². The Morgan fingerprint density at radius 3 is 3.36 bits per heavy atom. The van der Waals surface area contributed by atoms with Crippen molar-refractivity contribution in [2.24, 2.45) is 5.10 Å². The van der Waals surface area contributed by atoms with Gasteiger partial charge in [0.05, 0.1) is 0 Å². The standard InChI is InChI=1S/C7H6N4/c1-2-6-4-8-5-9-7(6)11-10-3-1/h1-5,10H.